The molecule has 1 aliphatic heterocycles. The Morgan fingerprint density at radius 1 is 0.943 bits per heavy atom. The van der Waals surface area contributed by atoms with Gasteiger partial charge in [0.05, 0.1) is 20.8 Å². The van der Waals surface area contributed by atoms with Crippen molar-refractivity contribution in [1.82, 2.24) is 9.88 Å². The lowest BCUT2D eigenvalue weighted by Crippen LogP contribution is -2.39. The summed E-state index contributed by atoms with van der Waals surface area (Å²) < 4.78 is 1.01. The summed E-state index contributed by atoms with van der Waals surface area (Å²) in [6, 6.07) is 22.6. The zero-order valence-corrected chi connectivity index (χ0v) is 20.4. The van der Waals surface area contributed by atoms with Crippen molar-refractivity contribution < 1.29 is 9.59 Å². The Morgan fingerprint density at radius 3 is 2.43 bits per heavy atom. The number of benzene rings is 3. The molecule has 3 amide bonds. The van der Waals surface area contributed by atoms with Crippen molar-refractivity contribution in [2.75, 3.05) is 23.7 Å². The van der Waals surface area contributed by atoms with Crippen LogP contribution in [-0.4, -0.2) is 34.9 Å². The van der Waals surface area contributed by atoms with E-state index >= 15 is 0 Å². The number of amides is 3. The van der Waals surface area contributed by atoms with Crippen LogP contribution in [0.4, 0.5) is 15.6 Å². The Bertz CT molecular complexity index is 1370. The van der Waals surface area contributed by atoms with Gasteiger partial charge in [0.1, 0.15) is 0 Å². The quantitative estimate of drug-likeness (QED) is 0.318. The first-order valence-electron chi connectivity index (χ1n) is 11.3. The third kappa shape index (κ3) is 5.53. The van der Waals surface area contributed by atoms with E-state index in [1.165, 1.54) is 16.9 Å². The molecule has 0 bridgehead atoms. The van der Waals surface area contributed by atoms with Gasteiger partial charge in [-0.3, -0.25) is 10.1 Å². The molecule has 0 radical (unpaired) electrons. The minimum Gasteiger partial charge on any atom is -0.324 e. The zero-order chi connectivity index (χ0) is 24.2. The molecule has 1 saturated heterocycles. The number of aromatic nitrogens is 1. The molecule has 2 N–H and O–H groups in total. The first kappa shape index (κ1) is 23.1. The fraction of sp³-hybridized carbons (Fsp3) is 0.148. The van der Waals surface area contributed by atoms with Gasteiger partial charge in [0, 0.05) is 18.8 Å². The lowest BCUT2D eigenvalue weighted by atomic mass is 10.0. The molecule has 0 unspecified atom stereocenters. The molecule has 35 heavy (non-hydrogen) atoms. The second-order valence-corrected chi connectivity index (χ2v) is 9.70. The summed E-state index contributed by atoms with van der Waals surface area (Å²) in [5.74, 6) is -0.286. The summed E-state index contributed by atoms with van der Waals surface area (Å²) in [6.45, 7) is 1.31. The summed E-state index contributed by atoms with van der Waals surface area (Å²) in [5, 5.41) is 6.71. The van der Waals surface area contributed by atoms with Gasteiger partial charge in [-0.2, -0.15) is 0 Å². The Balaban J connectivity index is 1.19. The Labute approximate surface area is 212 Å². The molecular formula is C27H23ClN4O2S. The largest absolute Gasteiger partial charge is 0.324 e. The maximum absolute atomic E-state index is 12.8. The Morgan fingerprint density at radius 2 is 1.69 bits per heavy atom. The van der Waals surface area contributed by atoms with Gasteiger partial charge in [-0.1, -0.05) is 71.0 Å². The molecule has 0 atom stereocenters. The number of piperidine rings is 1. The average Bonchev–Trinajstić information content (AvgIpc) is 3.27. The molecule has 176 valence electrons. The van der Waals surface area contributed by atoms with E-state index in [1.54, 1.807) is 12.1 Å². The molecule has 1 aromatic heterocycles. The topological polar surface area (TPSA) is 74.3 Å². The van der Waals surface area contributed by atoms with Gasteiger partial charge in [0.25, 0.3) is 5.91 Å². The molecule has 8 heteroatoms. The number of hydrogen-bond acceptors (Lipinski definition) is 4. The number of nitrogens with zero attached hydrogens (tertiary/aromatic N) is 2. The van der Waals surface area contributed by atoms with Gasteiger partial charge in [0.15, 0.2) is 5.13 Å². The third-order valence-electron chi connectivity index (χ3n) is 5.84. The molecule has 5 rings (SSSR count). The third-order valence-corrected chi connectivity index (χ3v) is 7.11. The molecule has 3 aromatic carbocycles. The number of likely N-dealkylation sites (tertiary alicyclic amines) is 1. The number of para-hydroxylation sites is 2. The zero-order valence-electron chi connectivity index (χ0n) is 18.8. The number of nitrogens with one attached hydrogen (secondary N) is 2. The van der Waals surface area contributed by atoms with Crippen LogP contribution < -0.4 is 10.6 Å². The van der Waals surface area contributed by atoms with E-state index in [1.807, 2.05) is 65.6 Å². The van der Waals surface area contributed by atoms with Crippen LogP contribution in [0.25, 0.3) is 16.3 Å². The van der Waals surface area contributed by atoms with Gasteiger partial charge >= 0.3 is 6.03 Å². The second kappa shape index (κ2) is 10.3. The van der Waals surface area contributed by atoms with E-state index in [4.69, 9.17) is 11.6 Å². The molecule has 6 nitrogen and oxygen atoms in total. The van der Waals surface area contributed by atoms with Gasteiger partial charge in [-0.15, -0.1) is 0 Å². The maximum Gasteiger partial charge on any atom is 0.321 e. The van der Waals surface area contributed by atoms with Crippen molar-refractivity contribution in [2.24, 2.45) is 0 Å². The van der Waals surface area contributed by atoms with Gasteiger partial charge in [-0.25, -0.2) is 9.78 Å². The summed E-state index contributed by atoms with van der Waals surface area (Å²) in [7, 11) is 0. The van der Waals surface area contributed by atoms with Gasteiger partial charge in [-0.05, 0) is 54.8 Å². The highest BCUT2D eigenvalue weighted by Crippen LogP contribution is 2.28. The van der Waals surface area contributed by atoms with Crippen molar-refractivity contribution >= 4 is 62.0 Å². The molecule has 4 aromatic rings. The molecule has 0 saturated carbocycles. The van der Waals surface area contributed by atoms with E-state index in [2.05, 4.69) is 21.7 Å². The van der Waals surface area contributed by atoms with Crippen LogP contribution in [0.15, 0.2) is 78.4 Å². The number of anilines is 2. The number of halogens is 1. The fourth-order valence-electron chi connectivity index (χ4n) is 4.00. The number of thiazole rings is 1. The van der Waals surface area contributed by atoms with Crippen LogP contribution in [0.5, 0.6) is 0 Å². The van der Waals surface area contributed by atoms with Crippen molar-refractivity contribution in [3.63, 3.8) is 0 Å². The predicted octanol–water partition coefficient (Wildman–Crippen LogP) is 6.91. The van der Waals surface area contributed by atoms with Crippen molar-refractivity contribution in [3.8, 4) is 0 Å². The lowest BCUT2D eigenvalue weighted by Gasteiger charge is -2.28. The van der Waals surface area contributed by atoms with E-state index < -0.39 is 0 Å². The molecule has 2 heterocycles. The molecule has 1 aliphatic rings. The van der Waals surface area contributed by atoms with E-state index in [-0.39, 0.29) is 11.9 Å². The minimum atomic E-state index is -0.286. The molecule has 1 fully saturated rings. The van der Waals surface area contributed by atoms with Crippen LogP contribution in [-0.2, 0) is 0 Å². The Kier molecular flexibility index (Phi) is 6.79. The van der Waals surface area contributed by atoms with Crippen LogP contribution in [0.1, 0.15) is 28.8 Å². The van der Waals surface area contributed by atoms with Crippen molar-refractivity contribution in [1.29, 1.82) is 0 Å². The normalized spacial score (nSPS) is 13.5. The summed E-state index contributed by atoms with van der Waals surface area (Å²) in [6.07, 6.45) is 3.67. The molecule has 0 aliphatic carbocycles. The Hall–Kier alpha value is -3.68. The van der Waals surface area contributed by atoms with Crippen LogP contribution >= 0.6 is 22.9 Å². The number of hydrogen-bond donors (Lipinski definition) is 2. The summed E-state index contributed by atoms with van der Waals surface area (Å²) >= 11 is 7.89. The number of rotatable bonds is 4. The number of fused-ring (bicyclic) bond motifs is 1. The van der Waals surface area contributed by atoms with E-state index in [0.29, 0.717) is 28.8 Å². The number of carbonyl (C=O) groups excluding carboxylic acids is 2. The molecule has 0 spiro atoms. The minimum absolute atomic E-state index is 0.0817. The highest BCUT2D eigenvalue weighted by molar-refractivity contribution is 7.22. The van der Waals surface area contributed by atoms with Crippen molar-refractivity contribution in [2.45, 2.75) is 12.8 Å². The second-order valence-electron chi connectivity index (χ2n) is 8.27. The van der Waals surface area contributed by atoms with E-state index in [9.17, 15) is 9.59 Å². The van der Waals surface area contributed by atoms with Gasteiger partial charge < -0.3 is 10.2 Å². The number of urea groups is 1. The van der Waals surface area contributed by atoms with Crippen LogP contribution in [0, 0.1) is 0 Å². The average molecular weight is 503 g/mol. The van der Waals surface area contributed by atoms with Crippen LogP contribution in [0.2, 0.25) is 5.02 Å². The SMILES string of the molecule is O=C(Nc1nc2ccccc2s1)c1ccc(C=C2CCN(C(=O)Nc3ccccc3)CC2)cc1Cl. The summed E-state index contributed by atoms with van der Waals surface area (Å²) in [4.78, 5) is 31.5. The first-order valence-corrected chi connectivity index (χ1v) is 12.5. The smallest absolute Gasteiger partial charge is 0.321 e. The van der Waals surface area contributed by atoms with Crippen molar-refractivity contribution in [3.05, 3.63) is 94.5 Å². The first-order chi connectivity index (χ1) is 17.0. The highest BCUT2D eigenvalue weighted by atomic mass is 35.5. The number of carbonyl (C=O) groups is 2. The van der Waals surface area contributed by atoms with E-state index in [0.717, 1.165) is 34.3 Å². The highest BCUT2D eigenvalue weighted by Gasteiger charge is 2.19. The maximum atomic E-state index is 12.8. The lowest BCUT2D eigenvalue weighted by molar-refractivity contribution is 0.102. The van der Waals surface area contributed by atoms with Crippen LogP contribution in [0.3, 0.4) is 0 Å². The predicted molar refractivity (Wildman–Crippen MR) is 143 cm³/mol. The van der Waals surface area contributed by atoms with Gasteiger partial charge in [0.2, 0.25) is 0 Å². The standard InChI is InChI=1S/C27H23ClN4O2S/c28-22-17-19(10-11-21(22)25(33)31-26-30-23-8-4-5-9-24(23)35-26)16-18-12-14-32(15-13-18)27(34)29-20-6-2-1-3-7-20/h1-11,16-17H,12-15H2,(H,29,34)(H,30,31,33). The summed E-state index contributed by atoms with van der Waals surface area (Å²) in [5.41, 5.74) is 4.23. The monoisotopic (exact) mass is 502 g/mol. The molecular weight excluding hydrogens is 480 g/mol. The fourth-order valence-corrected chi connectivity index (χ4v) is 5.13.